The maximum absolute atomic E-state index is 4.07. The number of H-pyrrole nitrogens is 1. The maximum atomic E-state index is 4.07. The predicted molar refractivity (Wildman–Crippen MR) is 61.6 cm³/mol. The van der Waals surface area contributed by atoms with Crippen molar-refractivity contribution >= 4 is 0 Å². The number of hydrogen-bond acceptors (Lipinski definition) is 2. The summed E-state index contributed by atoms with van der Waals surface area (Å²) in [5.74, 6) is 0. The Hall–Kier alpha value is -0.830. The van der Waals surface area contributed by atoms with Crippen molar-refractivity contribution in [3.8, 4) is 0 Å². The van der Waals surface area contributed by atoms with Gasteiger partial charge in [-0.25, -0.2) is 0 Å². The van der Waals surface area contributed by atoms with Crippen molar-refractivity contribution in [3.63, 3.8) is 0 Å². The molecule has 1 atom stereocenters. The maximum Gasteiger partial charge on any atom is 0.0521 e. The minimum absolute atomic E-state index is 0.466. The molecule has 1 fully saturated rings. The van der Waals surface area contributed by atoms with Gasteiger partial charge in [0.25, 0.3) is 0 Å². The van der Waals surface area contributed by atoms with Crippen LogP contribution in [0.15, 0.2) is 6.20 Å². The molecule has 0 saturated carbocycles. The molecule has 0 radical (unpaired) electrons. The molecule has 1 aromatic rings. The van der Waals surface area contributed by atoms with E-state index in [9.17, 15) is 0 Å². The molecule has 0 spiro atoms. The number of nitrogens with one attached hydrogen (secondary N) is 1. The fraction of sp³-hybridized carbons (Fsp3) is 0.750. The first-order chi connectivity index (χ1) is 6.98. The summed E-state index contributed by atoms with van der Waals surface area (Å²) in [4.78, 5) is 2.54. The minimum Gasteiger partial charge on any atom is -0.294 e. The van der Waals surface area contributed by atoms with Gasteiger partial charge in [0.05, 0.1) is 11.9 Å². The molecule has 84 valence electrons. The number of rotatable bonds is 2. The molecule has 3 nitrogen and oxygen atoms in total. The number of aromatic nitrogens is 2. The molecule has 2 heterocycles. The van der Waals surface area contributed by atoms with E-state index in [1.165, 1.54) is 24.2 Å². The predicted octanol–water partition coefficient (Wildman–Crippen LogP) is 2.34. The van der Waals surface area contributed by atoms with Crippen molar-refractivity contribution in [2.75, 3.05) is 6.54 Å². The van der Waals surface area contributed by atoms with Gasteiger partial charge in [-0.05, 0) is 31.2 Å². The quantitative estimate of drug-likeness (QED) is 0.807. The van der Waals surface area contributed by atoms with Gasteiger partial charge in [0.1, 0.15) is 0 Å². The molecule has 0 amide bonds. The van der Waals surface area contributed by atoms with Crippen molar-refractivity contribution in [1.82, 2.24) is 15.1 Å². The van der Waals surface area contributed by atoms with E-state index < -0.39 is 0 Å². The highest BCUT2D eigenvalue weighted by molar-refractivity contribution is 5.14. The standard InChI is InChI=1S/C12H21N3/c1-9-6-13-14-11(9)7-15-8-12(3,4)5-10(15)2/h6,10H,5,7-8H2,1-4H3,(H,13,14). The Balaban J connectivity index is 2.05. The second-order valence-corrected chi connectivity index (χ2v) is 5.65. The SMILES string of the molecule is Cc1cn[nH]c1CN1CC(C)(C)CC1C. The van der Waals surface area contributed by atoms with Crippen LogP contribution in [0.2, 0.25) is 0 Å². The van der Waals surface area contributed by atoms with Gasteiger partial charge in [0.2, 0.25) is 0 Å². The third-order valence-electron chi connectivity index (χ3n) is 3.40. The lowest BCUT2D eigenvalue weighted by Gasteiger charge is -2.21. The summed E-state index contributed by atoms with van der Waals surface area (Å²) < 4.78 is 0. The molecule has 1 N–H and O–H groups in total. The third kappa shape index (κ3) is 2.23. The molecule has 1 saturated heterocycles. The molecule has 0 aromatic carbocycles. The van der Waals surface area contributed by atoms with Crippen LogP contribution in [0, 0.1) is 12.3 Å². The van der Waals surface area contributed by atoms with Gasteiger partial charge in [0, 0.05) is 19.1 Å². The van der Waals surface area contributed by atoms with E-state index in [4.69, 9.17) is 0 Å². The lowest BCUT2D eigenvalue weighted by atomic mass is 9.91. The molecule has 1 unspecified atom stereocenters. The zero-order chi connectivity index (χ0) is 11.1. The summed E-state index contributed by atoms with van der Waals surface area (Å²) in [5.41, 5.74) is 3.00. The zero-order valence-electron chi connectivity index (χ0n) is 10.2. The smallest absolute Gasteiger partial charge is 0.0521 e. The molecule has 1 aliphatic heterocycles. The van der Waals surface area contributed by atoms with E-state index >= 15 is 0 Å². The Morgan fingerprint density at radius 2 is 2.33 bits per heavy atom. The first-order valence-electron chi connectivity index (χ1n) is 5.71. The Kier molecular flexibility index (Phi) is 2.59. The fourth-order valence-corrected chi connectivity index (χ4v) is 2.65. The monoisotopic (exact) mass is 207 g/mol. The van der Waals surface area contributed by atoms with Gasteiger partial charge < -0.3 is 0 Å². The van der Waals surface area contributed by atoms with Gasteiger partial charge in [-0.2, -0.15) is 5.10 Å². The van der Waals surface area contributed by atoms with Crippen molar-refractivity contribution in [1.29, 1.82) is 0 Å². The lowest BCUT2D eigenvalue weighted by molar-refractivity contribution is 0.241. The van der Waals surface area contributed by atoms with Crippen LogP contribution in [0.3, 0.4) is 0 Å². The highest BCUT2D eigenvalue weighted by Gasteiger charge is 2.34. The van der Waals surface area contributed by atoms with Gasteiger partial charge in [-0.3, -0.25) is 10.00 Å². The van der Waals surface area contributed by atoms with Crippen LogP contribution >= 0.6 is 0 Å². The van der Waals surface area contributed by atoms with Crippen LogP contribution in [0.5, 0.6) is 0 Å². The molecular formula is C12H21N3. The average Bonchev–Trinajstić information content (AvgIpc) is 2.59. The van der Waals surface area contributed by atoms with Gasteiger partial charge in [-0.15, -0.1) is 0 Å². The fourth-order valence-electron chi connectivity index (χ4n) is 2.65. The van der Waals surface area contributed by atoms with Crippen molar-refractivity contribution < 1.29 is 0 Å². The molecule has 2 rings (SSSR count). The van der Waals surface area contributed by atoms with E-state index in [0.29, 0.717) is 11.5 Å². The highest BCUT2D eigenvalue weighted by Crippen LogP contribution is 2.34. The zero-order valence-corrected chi connectivity index (χ0v) is 10.2. The second-order valence-electron chi connectivity index (χ2n) is 5.65. The van der Waals surface area contributed by atoms with Crippen LogP contribution in [-0.2, 0) is 6.54 Å². The lowest BCUT2D eigenvalue weighted by Crippen LogP contribution is -2.28. The largest absolute Gasteiger partial charge is 0.294 e. The molecule has 1 aliphatic rings. The summed E-state index contributed by atoms with van der Waals surface area (Å²) in [5, 5.41) is 7.16. The molecule has 1 aromatic heterocycles. The number of aromatic amines is 1. The van der Waals surface area contributed by atoms with E-state index in [0.717, 1.165) is 6.54 Å². The number of aryl methyl sites for hydroxylation is 1. The van der Waals surface area contributed by atoms with Gasteiger partial charge in [0.15, 0.2) is 0 Å². The number of likely N-dealkylation sites (tertiary alicyclic amines) is 1. The third-order valence-corrected chi connectivity index (χ3v) is 3.40. The van der Waals surface area contributed by atoms with E-state index in [-0.39, 0.29) is 0 Å². The van der Waals surface area contributed by atoms with Crippen molar-refractivity contribution in [3.05, 3.63) is 17.5 Å². The van der Waals surface area contributed by atoms with Crippen molar-refractivity contribution in [2.24, 2.45) is 5.41 Å². The summed E-state index contributed by atoms with van der Waals surface area (Å²) in [7, 11) is 0. The minimum atomic E-state index is 0.466. The Morgan fingerprint density at radius 1 is 1.60 bits per heavy atom. The molecule has 0 bridgehead atoms. The first kappa shape index (κ1) is 10.7. The molecule has 3 heteroatoms. The van der Waals surface area contributed by atoms with E-state index in [1.807, 2.05) is 6.20 Å². The Bertz CT molecular complexity index is 340. The number of hydrogen-bond donors (Lipinski definition) is 1. The summed E-state index contributed by atoms with van der Waals surface area (Å²) >= 11 is 0. The van der Waals surface area contributed by atoms with Crippen LogP contribution in [0.25, 0.3) is 0 Å². The van der Waals surface area contributed by atoms with Gasteiger partial charge in [-0.1, -0.05) is 13.8 Å². The average molecular weight is 207 g/mol. The van der Waals surface area contributed by atoms with E-state index in [1.54, 1.807) is 0 Å². The Labute approximate surface area is 91.9 Å². The van der Waals surface area contributed by atoms with Crippen LogP contribution in [0.1, 0.15) is 38.4 Å². The van der Waals surface area contributed by atoms with Crippen molar-refractivity contribution in [2.45, 2.75) is 46.7 Å². The normalized spacial score (nSPS) is 26.0. The summed E-state index contributed by atoms with van der Waals surface area (Å²) in [6.45, 7) is 11.3. The molecule has 0 aliphatic carbocycles. The Morgan fingerprint density at radius 3 is 2.80 bits per heavy atom. The summed E-state index contributed by atoms with van der Waals surface area (Å²) in [6, 6.07) is 0.683. The highest BCUT2D eigenvalue weighted by atomic mass is 15.2. The van der Waals surface area contributed by atoms with Crippen LogP contribution in [0.4, 0.5) is 0 Å². The topological polar surface area (TPSA) is 31.9 Å². The first-order valence-corrected chi connectivity index (χ1v) is 5.71. The molecular weight excluding hydrogens is 186 g/mol. The van der Waals surface area contributed by atoms with Crippen LogP contribution in [-0.4, -0.2) is 27.7 Å². The number of nitrogens with zero attached hydrogens (tertiary/aromatic N) is 2. The van der Waals surface area contributed by atoms with Gasteiger partial charge >= 0.3 is 0 Å². The van der Waals surface area contributed by atoms with E-state index in [2.05, 4.69) is 42.8 Å². The second kappa shape index (κ2) is 3.63. The molecule has 15 heavy (non-hydrogen) atoms. The van der Waals surface area contributed by atoms with Crippen LogP contribution < -0.4 is 0 Å². The summed E-state index contributed by atoms with van der Waals surface area (Å²) in [6.07, 6.45) is 3.20.